The van der Waals surface area contributed by atoms with Crippen molar-refractivity contribution >= 4 is 12.4 Å². The summed E-state index contributed by atoms with van der Waals surface area (Å²) in [5.74, 6) is 0. The zero-order valence-electron chi connectivity index (χ0n) is 11.4. The van der Waals surface area contributed by atoms with Crippen LogP contribution in [0.25, 0.3) is 0 Å². The molecule has 0 aromatic heterocycles. The summed E-state index contributed by atoms with van der Waals surface area (Å²) in [5.41, 5.74) is 5.61. The minimum atomic E-state index is 0. The molecule has 2 N–H and O–H groups in total. The molecule has 0 aliphatic carbocycles. The molecule has 0 fully saturated rings. The van der Waals surface area contributed by atoms with Crippen LogP contribution in [0.5, 0.6) is 0 Å². The zero-order chi connectivity index (χ0) is 11.5. The van der Waals surface area contributed by atoms with Crippen molar-refractivity contribution in [2.75, 3.05) is 20.6 Å². The quantitative estimate of drug-likeness (QED) is 0.602. The van der Waals surface area contributed by atoms with Crippen LogP contribution in [0, 0.1) is 0 Å². The molecular formula is C13H31ClN2. The summed E-state index contributed by atoms with van der Waals surface area (Å²) in [6.07, 6.45) is 10.8. The monoisotopic (exact) mass is 250 g/mol. The second-order valence-electron chi connectivity index (χ2n) is 4.75. The van der Waals surface area contributed by atoms with E-state index in [4.69, 9.17) is 5.73 Å². The van der Waals surface area contributed by atoms with E-state index in [1.54, 1.807) is 0 Å². The number of unbranched alkanes of at least 4 members (excludes halogenated alkanes) is 5. The fraction of sp³-hybridized carbons (Fsp3) is 1.00. The third-order valence-corrected chi connectivity index (χ3v) is 3.12. The average Bonchev–Trinajstić information content (AvgIpc) is 2.21. The van der Waals surface area contributed by atoms with Gasteiger partial charge < -0.3 is 10.6 Å². The van der Waals surface area contributed by atoms with Crippen molar-refractivity contribution in [1.29, 1.82) is 0 Å². The summed E-state index contributed by atoms with van der Waals surface area (Å²) < 4.78 is 0. The van der Waals surface area contributed by atoms with Crippen LogP contribution in [0.15, 0.2) is 0 Å². The van der Waals surface area contributed by atoms with Crippen LogP contribution in [-0.2, 0) is 0 Å². The van der Waals surface area contributed by atoms with Crippen LogP contribution in [0.4, 0.5) is 0 Å². The maximum Gasteiger partial charge on any atom is 0.0101 e. The molecule has 3 heteroatoms. The lowest BCUT2D eigenvalue weighted by Crippen LogP contribution is -2.30. The standard InChI is InChI=1S/C13H30N2.ClH/c1-4-5-6-7-8-9-10-13(11-12-14)15(2)3;/h13H,4-12,14H2,1-3H3;1H. The lowest BCUT2D eigenvalue weighted by atomic mass is 10.0. The summed E-state index contributed by atoms with van der Waals surface area (Å²) >= 11 is 0. The Labute approximate surface area is 108 Å². The number of nitrogens with two attached hydrogens (primary N) is 1. The number of halogens is 1. The maximum absolute atomic E-state index is 5.61. The van der Waals surface area contributed by atoms with Gasteiger partial charge >= 0.3 is 0 Å². The van der Waals surface area contributed by atoms with E-state index < -0.39 is 0 Å². The molecule has 0 bridgehead atoms. The Balaban J connectivity index is 0. The van der Waals surface area contributed by atoms with Gasteiger partial charge in [-0.25, -0.2) is 0 Å². The molecule has 0 aliphatic heterocycles. The van der Waals surface area contributed by atoms with Gasteiger partial charge in [-0.15, -0.1) is 12.4 Å². The van der Waals surface area contributed by atoms with Gasteiger partial charge in [0.15, 0.2) is 0 Å². The Hall–Kier alpha value is 0.210. The second kappa shape index (κ2) is 13.3. The summed E-state index contributed by atoms with van der Waals surface area (Å²) in [6, 6.07) is 0.696. The van der Waals surface area contributed by atoms with Gasteiger partial charge in [0, 0.05) is 6.04 Å². The topological polar surface area (TPSA) is 29.3 Å². The number of nitrogens with zero attached hydrogens (tertiary/aromatic N) is 1. The first-order chi connectivity index (χ1) is 7.22. The van der Waals surface area contributed by atoms with Crippen molar-refractivity contribution in [3.05, 3.63) is 0 Å². The van der Waals surface area contributed by atoms with E-state index in [-0.39, 0.29) is 12.4 Å². The van der Waals surface area contributed by atoms with Crippen LogP contribution in [0.1, 0.15) is 58.3 Å². The van der Waals surface area contributed by atoms with Crippen molar-refractivity contribution in [3.63, 3.8) is 0 Å². The van der Waals surface area contributed by atoms with Crippen LogP contribution < -0.4 is 5.73 Å². The molecule has 2 nitrogen and oxygen atoms in total. The predicted octanol–water partition coefficient (Wildman–Crippen LogP) is 3.44. The van der Waals surface area contributed by atoms with Gasteiger partial charge in [-0.05, 0) is 33.5 Å². The van der Waals surface area contributed by atoms with Crippen LogP contribution in [-0.4, -0.2) is 31.6 Å². The Morgan fingerprint density at radius 3 is 2.00 bits per heavy atom. The summed E-state index contributed by atoms with van der Waals surface area (Å²) in [4.78, 5) is 2.32. The van der Waals surface area contributed by atoms with Crippen LogP contribution in [0.3, 0.4) is 0 Å². The smallest absolute Gasteiger partial charge is 0.0101 e. The van der Waals surface area contributed by atoms with Gasteiger partial charge in [0.1, 0.15) is 0 Å². The maximum atomic E-state index is 5.61. The minimum Gasteiger partial charge on any atom is -0.330 e. The van der Waals surface area contributed by atoms with E-state index in [2.05, 4.69) is 25.9 Å². The third kappa shape index (κ3) is 10.7. The molecule has 0 aromatic rings. The molecule has 1 atom stereocenters. The molecule has 0 amide bonds. The highest BCUT2D eigenvalue weighted by molar-refractivity contribution is 5.85. The van der Waals surface area contributed by atoms with Crippen molar-refractivity contribution in [2.24, 2.45) is 5.73 Å². The first kappa shape index (κ1) is 18.6. The molecule has 0 aliphatic rings. The van der Waals surface area contributed by atoms with Gasteiger partial charge in [0.25, 0.3) is 0 Å². The molecule has 1 unspecified atom stereocenters. The molecule has 100 valence electrons. The predicted molar refractivity (Wildman–Crippen MR) is 76.4 cm³/mol. The SMILES string of the molecule is CCCCCCCCC(CCN)N(C)C.Cl. The highest BCUT2D eigenvalue weighted by Crippen LogP contribution is 2.12. The number of hydrogen-bond donors (Lipinski definition) is 1. The van der Waals surface area contributed by atoms with Crippen molar-refractivity contribution < 1.29 is 0 Å². The van der Waals surface area contributed by atoms with Crippen molar-refractivity contribution in [2.45, 2.75) is 64.3 Å². The molecule has 0 spiro atoms. The average molecular weight is 251 g/mol. The van der Waals surface area contributed by atoms with E-state index in [0.29, 0.717) is 6.04 Å². The van der Waals surface area contributed by atoms with E-state index >= 15 is 0 Å². The van der Waals surface area contributed by atoms with Gasteiger partial charge in [0.2, 0.25) is 0 Å². The second-order valence-corrected chi connectivity index (χ2v) is 4.75. The van der Waals surface area contributed by atoms with E-state index in [1.807, 2.05) is 0 Å². The zero-order valence-corrected chi connectivity index (χ0v) is 12.2. The molecular weight excluding hydrogens is 220 g/mol. The van der Waals surface area contributed by atoms with Gasteiger partial charge in [0.05, 0.1) is 0 Å². The summed E-state index contributed by atoms with van der Waals surface area (Å²) in [5, 5.41) is 0. The largest absolute Gasteiger partial charge is 0.330 e. The Kier molecular flexibility index (Phi) is 15.4. The highest BCUT2D eigenvalue weighted by Gasteiger charge is 2.09. The van der Waals surface area contributed by atoms with E-state index in [1.165, 1.54) is 44.9 Å². The molecule has 0 aromatic carbocycles. The van der Waals surface area contributed by atoms with Crippen LogP contribution in [0.2, 0.25) is 0 Å². The Morgan fingerprint density at radius 2 is 1.50 bits per heavy atom. The number of hydrogen-bond acceptors (Lipinski definition) is 2. The summed E-state index contributed by atoms with van der Waals surface area (Å²) in [6.45, 7) is 3.09. The first-order valence-corrected chi connectivity index (χ1v) is 6.58. The number of rotatable bonds is 10. The van der Waals surface area contributed by atoms with Crippen LogP contribution >= 0.6 is 12.4 Å². The highest BCUT2D eigenvalue weighted by atomic mass is 35.5. The molecule has 0 radical (unpaired) electrons. The molecule has 0 saturated heterocycles. The summed E-state index contributed by atoms with van der Waals surface area (Å²) in [7, 11) is 4.33. The lowest BCUT2D eigenvalue weighted by Gasteiger charge is -2.23. The fourth-order valence-corrected chi connectivity index (χ4v) is 2.01. The minimum absolute atomic E-state index is 0. The molecule has 0 rings (SSSR count). The van der Waals surface area contributed by atoms with Crippen molar-refractivity contribution in [3.8, 4) is 0 Å². The van der Waals surface area contributed by atoms with Gasteiger partial charge in [-0.3, -0.25) is 0 Å². The first-order valence-electron chi connectivity index (χ1n) is 6.58. The van der Waals surface area contributed by atoms with E-state index in [9.17, 15) is 0 Å². The molecule has 0 saturated carbocycles. The normalized spacial score (nSPS) is 12.6. The molecule has 0 heterocycles. The Bertz CT molecular complexity index is 129. The van der Waals surface area contributed by atoms with E-state index in [0.717, 1.165) is 13.0 Å². The van der Waals surface area contributed by atoms with Gasteiger partial charge in [-0.1, -0.05) is 45.4 Å². The molecule has 16 heavy (non-hydrogen) atoms. The van der Waals surface area contributed by atoms with Crippen molar-refractivity contribution in [1.82, 2.24) is 4.90 Å². The van der Waals surface area contributed by atoms with Gasteiger partial charge in [-0.2, -0.15) is 0 Å². The Morgan fingerprint density at radius 1 is 0.938 bits per heavy atom. The lowest BCUT2D eigenvalue weighted by molar-refractivity contribution is 0.260. The fourth-order valence-electron chi connectivity index (χ4n) is 2.01. The third-order valence-electron chi connectivity index (χ3n) is 3.12.